The van der Waals surface area contributed by atoms with E-state index >= 15 is 0 Å². The number of nitroso groups, excluding NO2 is 1. The van der Waals surface area contributed by atoms with Crippen molar-refractivity contribution in [2.24, 2.45) is 0 Å². The third kappa shape index (κ3) is 1.58. The van der Waals surface area contributed by atoms with Gasteiger partial charge in [-0.15, -0.1) is 0 Å². The van der Waals surface area contributed by atoms with Crippen molar-refractivity contribution in [2.75, 3.05) is 7.05 Å². The van der Waals surface area contributed by atoms with Gasteiger partial charge in [0.05, 0.1) is 11.7 Å². The average molecular weight is 88.1 g/mol. The predicted molar refractivity (Wildman–Crippen MR) is 20.2 cm³/mol. The zero-order chi connectivity index (χ0) is 5.15. The fourth-order valence-corrected chi connectivity index (χ4v) is 0. The highest BCUT2D eigenvalue weighted by Gasteiger charge is 2.03. The van der Waals surface area contributed by atoms with E-state index in [2.05, 4.69) is 0 Å². The van der Waals surface area contributed by atoms with Crippen molar-refractivity contribution in [1.29, 1.82) is 0 Å². The Kier molecular flexibility index (Phi) is 1.44. The first kappa shape index (κ1) is 5.27. The number of nitrogens with zero attached hydrogens (tertiary/aromatic N) is 1. The van der Waals surface area contributed by atoms with E-state index in [1.54, 1.807) is 0 Å². The third-order valence-corrected chi connectivity index (χ3v) is 0.443. The van der Waals surface area contributed by atoms with E-state index in [-0.39, 0.29) is 4.76 Å². The van der Waals surface area contributed by atoms with Crippen molar-refractivity contribution >= 4 is 5.91 Å². The Balaban J connectivity index is 3.57. The van der Waals surface area contributed by atoms with Crippen molar-refractivity contribution < 1.29 is 9.55 Å². The molecule has 3 heteroatoms. The molecule has 0 rings (SSSR count). The van der Waals surface area contributed by atoms with Crippen LogP contribution in [-0.4, -0.2) is 17.7 Å². The van der Waals surface area contributed by atoms with Crippen LogP contribution in [0.15, 0.2) is 0 Å². The highest BCUT2D eigenvalue weighted by Crippen LogP contribution is 1.61. The molecule has 6 heavy (non-hydrogen) atoms. The summed E-state index contributed by atoms with van der Waals surface area (Å²) in [4.78, 5) is 19.5. The van der Waals surface area contributed by atoms with Crippen LogP contribution in [0.5, 0.6) is 0 Å². The monoisotopic (exact) mass is 88.0 g/mol. The molecular formula is C3H6NO2+. The van der Waals surface area contributed by atoms with Crippen molar-refractivity contribution in [1.82, 2.24) is 0 Å². The SMILES string of the molecule is CC(=O)[N+](C)=O. The molecule has 0 saturated heterocycles. The maximum absolute atomic E-state index is 9.76. The quantitative estimate of drug-likeness (QED) is 0.389. The lowest BCUT2D eigenvalue weighted by molar-refractivity contribution is -0.436. The number of hydrogen-bond donors (Lipinski definition) is 0. The van der Waals surface area contributed by atoms with E-state index in [0.29, 0.717) is 0 Å². The summed E-state index contributed by atoms with van der Waals surface area (Å²) in [5.74, 6) is -0.463. The molecule has 0 heterocycles. The van der Waals surface area contributed by atoms with Crippen LogP contribution in [0, 0.1) is 4.91 Å². The Morgan fingerprint density at radius 2 is 1.83 bits per heavy atom. The van der Waals surface area contributed by atoms with E-state index in [1.807, 2.05) is 0 Å². The van der Waals surface area contributed by atoms with Crippen LogP contribution in [0.25, 0.3) is 0 Å². The molecule has 0 saturated carbocycles. The highest BCUT2D eigenvalue weighted by molar-refractivity contribution is 5.63. The zero-order valence-corrected chi connectivity index (χ0v) is 3.76. The molecule has 0 bridgehead atoms. The molecule has 0 N–H and O–H groups in total. The van der Waals surface area contributed by atoms with Crippen LogP contribution in [0.2, 0.25) is 0 Å². The average Bonchev–Trinajstić information content (AvgIpc) is 1.36. The molecule has 0 aliphatic rings. The van der Waals surface area contributed by atoms with Gasteiger partial charge in [0.25, 0.3) is 0 Å². The van der Waals surface area contributed by atoms with Crippen molar-refractivity contribution in [3.63, 3.8) is 0 Å². The lowest BCUT2D eigenvalue weighted by Gasteiger charge is -1.65. The number of carbonyl (C=O) groups excluding carboxylic acids is 1. The van der Waals surface area contributed by atoms with E-state index in [9.17, 15) is 9.70 Å². The summed E-state index contributed by atoms with van der Waals surface area (Å²) < 4.78 is 0.278. The van der Waals surface area contributed by atoms with Crippen LogP contribution in [0.1, 0.15) is 6.92 Å². The minimum Gasteiger partial charge on any atom is -0.215 e. The Bertz CT molecular complexity index is 74.8. The molecule has 0 atom stereocenters. The minimum atomic E-state index is -0.463. The zero-order valence-electron chi connectivity index (χ0n) is 3.76. The van der Waals surface area contributed by atoms with E-state index in [1.165, 1.54) is 14.0 Å². The van der Waals surface area contributed by atoms with Gasteiger partial charge in [-0.25, -0.2) is 4.79 Å². The lowest BCUT2D eigenvalue weighted by Crippen LogP contribution is -2.06. The second-order valence-electron chi connectivity index (χ2n) is 1.02. The first-order valence-electron chi connectivity index (χ1n) is 1.56. The molecule has 0 aromatic carbocycles. The fraction of sp³-hybridized carbons (Fsp3) is 0.667. The van der Waals surface area contributed by atoms with Crippen LogP contribution in [-0.2, 0) is 4.79 Å². The molecule has 0 aliphatic heterocycles. The van der Waals surface area contributed by atoms with Crippen molar-refractivity contribution in [3.05, 3.63) is 4.91 Å². The summed E-state index contributed by atoms with van der Waals surface area (Å²) in [6.07, 6.45) is 0. The third-order valence-electron chi connectivity index (χ3n) is 0.443. The van der Waals surface area contributed by atoms with E-state index in [4.69, 9.17) is 0 Å². The smallest absolute Gasteiger partial charge is 0.215 e. The fourth-order valence-electron chi connectivity index (χ4n) is 0. The molecule has 3 nitrogen and oxygen atoms in total. The van der Waals surface area contributed by atoms with Gasteiger partial charge in [0.1, 0.15) is 0 Å². The Morgan fingerprint density at radius 3 is 1.83 bits per heavy atom. The van der Waals surface area contributed by atoms with Gasteiger partial charge in [-0.2, -0.15) is 0 Å². The topological polar surface area (TPSA) is 37.1 Å². The lowest BCUT2D eigenvalue weighted by atomic mass is 10.7. The van der Waals surface area contributed by atoms with E-state index < -0.39 is 5.91 Å². The number of hydrogen-bond acceptors (Lipinski definition) is 2. The first-order valence-corrected chi connectivity index (χ1v) is 1.56. The number of rotatable bonds is 0. The second kappa shape index (κ2) is 1.64. The van der Waals surface area contributed by atoms with Gasteiger partial charge < -0.3 is 0 Å². The predicted octanol–water partition coefficient (Wildman–Crippen LogP) is -0.0584. The minimum absolute atomic E-state index is 0.278. The standard InChI is InChI=1S/C3H6NO2/c1-3(5)4(2)6/h1-2H3/q+1. The van der Waals surface area contributed by atoms with Crippen molar-refractivity contribution in [2.45, 2.75) is 6.92 Å². The summed E-state index contributed by atoms with van der Waals surface area (Å²) in [5, 5.41) is 0. The maximum Gasteiger partial charge on any atom is 0.429 e. The van der Waals surface area contributed by atoms with Crippen LogP contribution < -0.4 is 0 Å². The molecule has 0 fully saturated rings. The van der Waals surface area contributed by atoms with Gasteiger partial charge in [0, 0.05) is 4.91 Å². The molecule has 0 spiro atoms. The molecular weight excluding hydrogens is 82.0 g/mol. The first-order chi connectivity index (χ1) is 2.64. The van der Waals surface area contributed by atoms with Crippen LogP contribution >= 0.6 is 0 Å². The van der Waals surface area contributed by atoms with Gasteiger partial charge in [0.15, 0.2) is 7.05 Å². The van der Waals surface area contributed by atoms with Crippen molar-refractivity contribution in [3.8, 4) is 0 Å². The summed E-state index contributed by atoms with van der Waals surface area (Å²) in [6.45, 7) is 1.22. The Labute approximate surface area is 35.5 Å². The molecule has 34 valence electrons. The molecule has 0 aliphatic carbocycles. The molecule has 1 amide bonds. The van der Waals surface area contributed by atoms with Gasteiger partial charge in [-0.05, 0) is 0 Å². The van der Waals surface area contributed by atoms with Crippen LogP contribution in [0.3, 0.4) is 0 Å². The van der Waals surface area contributed by atoms with E-state index in [0.717, 1.165) is 0 Å². The summed E-state index contributed by atoms with van der Waals surface area (Å²) in [5.41, 5.74) is 0. The largest absolute Gasteiger partial charge is 0.429 e. The van der Waals surface area contributed by atoms with Gasteiger partial charge in [-0.1, -0.05) is 0 Å². The number of carbonyl (C=O) groups is 1. The van der Waals surface area contributed by atoms with Crippen LogP contribution in [0.4, 0.5) is 0 Å². The Morgan fingerprint density at radius 1 is 1.67 bits per heavy atom. The Hall–Kier alpha value is -0.730. The summed E-state index contributed by atoms with van der Waals surface area (Å²) >= 11 is 0. The number of amides is 1. The molecule has 0 radical (unpaired) electrons. The van der Waals surface area contributed by atoms with Gasteiger partial charge >= 0.3 is 5.91 Å². The molecule has 0 aromatic rings. The second-order valence-corrected chi connectivity index (χ2v) is 1.02. The van der Waals surface area contributed by atoms with Gasteiger partial charge in [-0.3, -0.25) is 0 Å². The molecule has 0 aromatic heterocycles. The highest BCUT2D eigenvalue weighted by atomic mass is 16.3. The maximum atomic E-state index is 9.76. The van der Waals surface area contributed by atoms with Gasteiger partial charge in [0.2, 0.25) is 0 Å². The summed E-state index contributed by atoms with van der Waals surface area (Å²) in [7, 11) is 1.17. The normalized spacial score (nSPS) is 7.67. The molecule has 0 unspecified atom stereocenters. The summed E-state index contributed by atoms with van der Waals surface area (Å²) in [6, 6.07) is 0.